The van der Waals surface area contributed by atoms with Crippen molar-refractivity contribution in [2.75, 3.05) is 5.32 Å². The molecule has 5 aromatic rings. The minimum absolute atomic E-state index is 0.00263. The third kappa shape index (κ3) is 4.54. The summed E-state index contributed by atoms with van der Waals surface area (Å²) < 4.78 is 1.80. The molecule has 0 saturated carbocycles. The lowest BCUT2D eigenvalue weighted by Crippen LogP contribution is -2.48. The van der Waals surface area contributed by atoms with Gasteiger partial charge < -0.3 is 10.2 Å². The number of H-pyrrole nitrogens is 1. The molecule has 9 nitrogen and oxygen atoms in total. The predicted molar refractivity (Wildman–Crippen MR) is 145 cm³/mol. The lowest BCUT2D eigenvalue weighted by atomic mass is 9.98. The predicted octanol–water partition coefficient (Wildman–Crippen LogP) is 4.97. The Morgan fingerprint density at radius 2 is 1.61 bits per heavy atom. The van der Waals surface area contributed by atoms with Crippen LogP contribution < -0.4 is 5.32 Å². The van der Waals surface area contributed by atoms with Crippen LogP contribution in [0.3, 0.4) is 0 Å². The van der Waals surface area contributed by atoms with Crippen LogP contribution in [0.4, 0.5) is 5.69 Å². The van der Waals surface area contributed by atoms with E-state index in [9.17, 15) is 4.79 Å². The molecule has 1 aliphatic heterocycles. The van der Waals surface area contributed by atoms with Crippen LogP contribution in [0.25, 0.3) is 22.5 Å². The quantitative estimate of drug-likeness (QED) is 0.309. The summed E-state index contributed by atoms with van der Waals surface area (Å²) in [5.74, 6) is 0.553. The van der Waals surface area contributed by atoms with Crippen LogP contribution in [0, 0.1) is 0 Å². The molecule has 0 aliphatic carbocycles. The number of benzene rings is 3. The molecule has 3 aromatic carbocycles. The van der Waals surface area contributed by atoms with Gasteiger partial charge in [0.25, 0.3) is 5.91 Å². The van der Waals surface area contributed by atoms with E-state index < -0.39 is 0 Å². The fourth-order valence-corrected chi connectivity index (χ4v) is 5.00. The number of anilines is 1. The third-order valence-corrected chi connectivity index (χ3v) is 6.87. The summed E-state index contributed by atoms with van der Waals surface area (Å²) in [7, 11) is 0. The molecule has 3 heterocycles. The molecule has 190 valence electrons. The number of tetrazole rings is 1. The van der Waals surface area contributed by atoms with Gasteiger partial charge in [0, 0.05) is 12.1 Å². The monoisotopic (exact) mass is 504 g/mol. The molecule has 0 fully saturated rings. The van der Waals surface area contributed by atoms with Crippen LogP contribution in [0.15, 0.2) is 85.1 Å². The lowest BCUT2D eigenvalue weighted by molar-refractivity contribution is 0.0646. The molecular weight excluding hydrogens is 476 g/mol. The van der Waals surface area contributed by atoms with Crippen molar-refractivity contribution in [3.05, 3.63) is 102 Å². The number of nitrogens with one attached hydrogen (secondary N) is 2. The molecule has 2 N–H and O–H groups in total. The van der Waals surface area contributed by atoms with Crippen molar-refractivity contribution in [3.8, 4) is 22.5 Å². The van der Waals surface area contributed by atoms with E-state index >= 15 is 0 Å². The van der Waals surface area contributed by atoms with Crippen LogP contribution in [-0.4, -0.2) is 47.4 Å². The van der Waals surface area contributed by atoms with Gasteiger partial charge in [-0.3, -0.25) is 9.48 Å². The van der Waals surface area contributed by atoms with Gasteiger partial charge in [-0.1, -0.05) is 92.2 Å². The topological polar surface area (TPSA) is 105 Å². The van der Waals surface area contributed by atoms with E-state index in [1.54, 1.807) is 10.9 Å². The number of carbonyl (C=O) groups is 1. The number of aromatic nitrogens is 6. The first kappa shape index (κ1) is 23.6. The van der Waals surface area contributed by atoms with Crippen molar-refractivity contribution in [3.63, 3.8) is 0 Å². The molecule has 1 atom stereocenters. The highest BCUT2D eigenvalue weighted by molar-refractivity contribution is 6.00. The number of amides is 1. The van der Waals surface area contributed by atoms with Gasteiger partial charge in [-0.15, -0.1) is 10.2 Å². The Morgan fingerprint density at radius 3 is 2.34 bits per heavy atom. The minimum Gasteiger partial charge on any atom is -0.362 e. The molecule has 1 aliphatic rings. The van der Waals surface area contributed by atoms with Gasteiger partial charge in [0.15, 0.2) is 0 Å². The van der Waals surface area contributed by atoms with Crippen LogP contribution >= 0.6 is 0 Å². The van der Waals surface area contributed by atoms with Gasteiger partial charge in [-0.2, -0.15) is 10.3 Å². The summed E-state index contributed by atoms with van der Waals surface area (Å²) in [6.45, 7) is 3.18. The first-order chi connectivity index (χ1) is 18.7. The van der Waals surface area contributed by atoms with Crippen molar-refractivity contribution < 1.29 is 4.79 Å². The van der Waals surface area contributed by atoms with Crippen molar-refractivity contribution in [1.29, 1.82) is 0 Å². The number of carbonyl (C=O) groups excluding carboxylic acids is 1. The Balaban J connectivity index is 1.26. The molecule has 1 unspecified atom stereocenters. The number of fused-ring (bicyclic) bond motifs is 1. The highest BCUT2D eigenvalue weighted by Crippen LogP contribution is 2.32. The molecule has 0 radical (unpaired) electrons. The van der Waals surface area contributed by atoms with E-state index in [0.29, 0.717) is 24.6 Å². The summed E-state index contributed by atoms with van der Waals surface area (Å²) in [5, 5.41) is 22.6. The largest absolute Gasteiger partial charge is 0.362 e. The van der Waals surface area contributed by atoms with Gasteiger partial charge >= 0.3 is 0 Å². The second kappa shape index (κ2) is 10.3. The summed E-state index contributed by atoms with van der Waals surface area (Å²) in [6, 6.07) is 26.4. The first-order valence-corrected chi connectivity index (χ1v) is 12.8. The molecule has 1 amide bonds. The zero-order chi connectivity index (χ0) is 25.9. The Hall–Kier alpha value is -4.79. The van der Waals surface area contributed by atoms with Crippen LogP contribution in [0.1, 0.15) is 41.4 Å². The average Bonchev–Trinajstić information content (AvgIpc) is 3.63. The summed E-state index contributed by atoms with van der Waals surface area (Å²) in [5.41, 5.74) is 6.54. The highest BCUT2D eigenvalue weighted by atomic mass is 16.2. The molecule has 6 rings (SSSR count). The van der Waals surface area contributed by atoms with Crippen LogP contribution in [0.2, 0.25) is 0 Å². The van der Waals surface area contributed by atoms with Crippen molar-refractivity contribution in [1.82, 2.24) is 35.3 Å². The SMILES string of the molecule is CCCC1Nc2cnn(Cc3ccccc3)c2C(=O)N1Cc1ccc(-c2ccccc2-c2nn[nH]n2)cc1. The van der Waals surface area contributed by atoms with E-state index in [0.717, 1.165) is 46.3 Å². The fourth-order valence-electron chi connectivity index (χ4n) is 5.00. The Labute approximate surface area is 220 Å². The van der Waals surface area contributed by atoms with Crippen molar-refractivity contribution >= 4 is 11.6 Å². The Kier molecular flexibility index (Phi) is 6.39. The van der Waals surface area contributed by atoms with Gasteiger partial charge in [-0.25, -0.2) is 0 Å². The normalized spacial score (nSPS) is 14.8. The lowest BCUT2D eigenvalue weighted by Gasteiger charge is -2.37. The van der Waals surface area contributed by atoms with E-state index in [2.05, 4.69) is 62.2 Å². The van der Waals surface area contributed by atoms with E-state index in [4.69, 9.17) is 0 Å². The van der Waals surface area contributed by atoms with Gasteiger partial charge in [0.2, 0.25) is 5.82 Å². The van der Waals surface area contributed by atoms with E-state index in [1.807, 2.05) is 59.5 Å². The van der Waals surface area contributed by atoms with Crippen molar-refractivity contribution in [2.24, 2.45) is 0 Å². The zero-order valence-corrected chi connectivity index (χ0v) is 21.1. The molecule has 0 spiro atoms. The smallest absolute Gasteiger partial charge is 0.276 e. The van der Waals surface area contributed by atoms with Crippen LogP contribution in [0.5, 0.6) is 0 Å². The van der Waals surface area contributed by atoms with E-state index in [1.165, 1.54) is 0 Å². The van der Waals surface area contributed by atoms with Gasteiger partial charge in [0.1, 0.15) is 11.9 Å². The average molecular weight is 505 g/mol. The minimum atomic E-state index is -0.0898. The molecule has 0 saturated heterocycles. The summed E-state index contributed by atoms with van der Waals surface area (Å²) in [6.07, 6.45) is 3.49. The number of nitrogens with zero attached hydrogens (tertiary/aromatic N) is 6. The molecule has 38 heavy (non-hydrogen) atoms. The number of hydrogen-bond acceptors (Lipinski definition) is 6. The molecule has 2 aromatic heterocycles. The molecular formula is C29H28N8O. The zero-order valence-electron chi connectivity index (χ0n) is 21.1. The van der Waals surface area contributed by atoms with E-state index in [-0.39, 0.29) is 12.1 Å². The second-order valence-corrected chi connectivity index (χ2v) is 9.41. The summed E-state index contributed by atoms with van der Waals surface area (Å²) >= 11 is 0. The van der Waals surface area contributed by atoms with Crippen molar-refractivity contribution in [2.45, 2.75) is 39.0 Å². The third-order valence-electron chi connectivity index (χ3n) is 6.87. The number of hydrogen-bond donors (Lipinski definition) is 2. The summed E-state index contributed by atoms with van der Waals surface area (Å²) in [4.78, 5) is 15.8. The standard InChI is InChI=1S/C29H28N8O/c1-2-8-26-31-25-17-30-37(19-20-9-4-3-5-10-20)27(25)29(38)36(26)18-21-13-15-22(16-14-21)23-11-6-7-12-24(23)28-32-34-35-33-28/h3-7,9-17,26,31H,2,8,18-19H2,1H3,(H,32,33,34,35). The molecule has 9 heteroatoms. The molecule has 0 bridgehead atoms. The first-order valence-electron chi connectivity index (χ1n) is 12.8. The second-order valence-electron chi connectivity index (χ2n) is 9.41. The van der Waals surface area contributed by atoms with Gasteiger partial charge in [0.05, 0.1) is 18.4 Å². The Bertz CT molecular complexity index is 1530. The Morgan fingerprint density at radius 1 is 0.868 bits per heavy atom. The maximum absolute atomic E-state index is 13.8. The fraction of sp³-hybridized carbons (Fsp3) is 0.207. The maximum atomic E-state index is 13.8. The highest BCUT2D eigenvalue weighted by Gasteiger charge is 2.34. The number of rotatable bonds is 8. The maximum Gasteiger partial charge on any atom is 0.276 e. The van der Waals surface area contributed by atoms with Gasteiger partial charge in [-0.05, 0) is 33.9 Å². The number of aromatic amines is 1. The van der Waals surface area contributed by atoms with Crippen LogP contribution in [-0.2, 0) is 13.1 Å².